The van der Waals surface area contributed by atoms with Gasteiger partial charge in [-0.1, -0.05) is 36.4 Å². The fourth-order valence-corrected chi connectivity index (χ4v) is 5.58. The number of carbonyl (C=O) groups excluding carboxylic acids is 2. The number of rotatable bonds is 6. The van der Waals surface area contributed by atoms with Crippen LogP contribution in [0.15, 0.2) is 65.6 Å². The molecule has 0 fully saturated rings. The van der Waals surface area contributed by atoms with E-state index in [2.05, 4.69) is 0 Å². The molecule has 2 heterocycles. The van der Waals surface area contributed by atoms with E-state index in [9.17, 15) is 14.7 Å². The number of esters is 1. The maximum absolute atomic E-state index is 13.7. The van der Waals surface area contributed by atoms with Gasteiger partial charge in [0.05, 0.1) is 35.7 Å². The van der Waals surface area contributed by atoms with Crippen LogP contribution in [0.1, 0.15) is 23.0 Å². The van der Waals surface area contributed by atoms with Gasteiger partial charge in [0.15, 0.2) is 5.78 Å². The number of hydrogen-bond donors (Lipinski definition) is 1. The highest BCUT2D eigenvalue weighted by Crippen LogP contribution is 2.47. The number of aryl methyl sites for hydroxylation is 1. The first-order valence-corrected chi connectivity index (χ1v) is 11.1. The number of para-hydroxylation sites is 1. The second-order valence-corrected chi connectivity index (χ2v) is 9.16. The van der Waals surface area contributed by atoms with Crippen LogP contribution in [0.4, 0.5) is 0 Å². The van der Waals surface area contributed by atoms with Crippen LogP contribution < -0.4 is 4.74 Å². The lowest BCUT2D eigenvalue weighted by Crippen LogP contribution is -2.39. The van der Waals surface area contributed by atoms with Crippen LogP contribution in [-0.4, -0.2) is 40.9 Å². The summed E-state index contributed by atoms with van der Waals surface area (Å²) in [6.45, 7) is 1.67. The summed E-state index contributed by atoms with van der Waals surface area (Å²) in [6, 6.07) is 16.7. The van der Waals surface area contributed by atoms with Gasteiger partial charge >= 0.3 is 5.97 Å². The van der Waals surface area contributed by atoms with Crippen LogP contribution in [0.2, 0.25) is 0 Å². The molecule has 3 atom stereocenters. The molecule has 1 N–H and O–H groups in total. The Morgan fingerprint density at radius 3 is 2.41 bits per heavy atom. The minimum atomic E-state index is -1.40. The summed E-state index contributed by atoms with van der Waals surface area (Å²) in [5.41, 5.74) is 0.693. The monoisotopic (exact) mass is 451 g/mol. The van der Waals surface area contributed by atoms with Gasteiger partial charge in [-0.25, -0.2) is 4.79 Å². The van der Waals surface area contributed by atoms with Gasteiger partial charge in [-0.3, -0.25) is 4.79 Å². The Hall–Kier alpha value is -3.03. The normalized spacial score (nSPS) is 20.0. The minimum absolute atomic E-state index is 0.150. The lowest BCUT2D eigenvalue weighted by molar-refractivity contribution is -0.135. The van der Waals surface area contributed by atoms with E-state index in [0.29, 0.717) is 21.9 Å². The van der Waals surface area contributed by atoms with E-state index in [1.165, 1.54) is 7.11 Å². The summed E-state index contributed by atoms with van der Waals surface area (Å²) in [4.78, 5) is 26.3. The Morgan fingerprint density at radius 2 is 1.78 bits per heavy atom. The SMILES string of the molecule is COC(=O)C1=C[C@@H]([C@](C)(O)c2ccc(OC)cc2)[C@H](C(=O)c2cc3ccccc3n2C)S1. The second-order valence-electron chi connectivity index (χ2n) is 7.97. The molecule has 6 nitrogen and oxygen atoms in total. The maximum Gasteiger partial charge on any atom is 0.344 e. The largest absolute Gasteiger partial charge is 0.497 e. The van der Waals surface area contributed by atoms with Crippen molar-refractivity contribution >= 4 is 34.4 Å². The van der Waals surface area contributed by atoms with Gasteiger partial charge in [0.1, 0.15) is 5.75 Å². The van der Waals surface area contributed by atoms with E-state index >= 15 is 0 Å². The Balaban J connectivity index is 1.76. The molecule has 1 aliphatic rings. The van der Waals surface area contributed by atoms with Crippen LogP contribution in [0.5, 0.6) is 5.75 Å². The summed E-state index contributed by atoms with van der Waals surface area (Å²) >= 11 is 1.14. The fourth-order valence-electron chi connectivity index (χ4n) is 4.18. The van der Waals surface area contributed by atoms with Crippen LogP contribution >= 0.6 is 11.8 Å². The number of Topliss-reactive ketones (excluding diaryl/α,β-unsaturated/α-hetero) is 1. The molecule has 0 bridgehead atoms. The molecular formula is C25H25NO5S. The predicted molar refractivity (Wildman–Crippen MR) is 125 cm³/mol. The van der Waals surface area contributed by atoms with Gasteiger partial charge in [-0.15, -0.1) is 11.8 Å². The summed E-state index contributed by atoms with van der Waals surface area (Å²) in [7, 11) is 4.73. The number of thioether (sulfide) groups is 1. The molecule has 1 aliphatic heterocycles. The third-order valence-electron chi connectivity index (χ3n) is 6.08. The highest BCUT2D eigenvalue weighted by atomic mass is 32.2. The lowest BCUT2D eigenvalue weighted by Gasteiger charge is -2.33. The van der Waals surface area contributed by atoms with Gasteiger partial charge in [0.25, 0.3) is 0 Å². The number of aliphatic hydroxyl groups is 1. The molecule has 4 rings (SSSR count). The van der Waals surface area contributed by atoms with Crippen molar-refractivity contribution in [3.8, 4) is 5.75 Å². The van der Waals surface area contributed by atoms with E-state index in [0.717, 1.165) is 22.7 Å². The molecule has 2 aromatic carbocycles. The van der Waals surface area contributed by atoms with Crippen LogP contribution in [0.3, 0.4) is 0 Å². The number of aromatic nitrogens is 1. The summed E-state index contributed by atoms with van der Waals surface area (Å²) in [6.07, 6.45) is 1.66. The molecule has 0 spiro atoms. The first-order chi connectivity index (χ1) is 15.3. The quantitative estimate of drug-likeness (QED) is 0.450. The summed E-state index contributed by atoms with van der Waals surface area (Å²) in [5, 5.41) is 11.9. The Morgan fingerprint density at radius 1 is 1.09 bits per heavy atom. The number of hydrogen-bond acceptors (Lipinski definition) is 6. The van der Waals surface area contributed by atoms with Crippen molar-refractivity contribution in [1.82, 2.24) is 4.57 Å². The van der Waals surface area contributed by atoms with Gasteiger partial charge in [0, 0.05) is 23.9 Å². The number of ether oxygens (including phenoxy) is 2. The smallest absolute Gasteiger partial charge is 0.344 e. The molecule has 0 unspecified atom stereocenters. The predicted octanol–water partition coefficient (Wildman–Crippen LogP) is 4.07. The second kappa shape index (κ2) is 8.48. The molecule has 0 radical (unpaired) electrons. The maximum atomic E-state index is 13.7. The van der Waals surface area contributed by atoms with E-state index in [1.807, 2.05) is 41.9 Å². The number of fused-ring (bicyclic) bond motifs is 1. The topological polar surface area (TPSA) is 77.8 Å². The average Bonchev–Trinajstić information content (AvgIpc) is 3.41. The van der Waals surface area contributed by atoms with E-state index in [4.69, 9.17) is 9.47 Å². The number of methoxy groups -OCH3 is 2. The molecule has 0 amide bonds. The Labute approximate surface area is 190 Å². The van der Waals surface area contributed by atoms with Crippen LogP contribution in [0.25, 0.3) is 10.9 Å². The number of benzene rings is 2. The highest BCUT2D eigenvalue weighted by molar-refractivity contribution is 8.05. The number of ketones is 1. The minimum Gasteiger partial charge on any atom is -0.497 e. The standard InChI is InChI=1S/C25H25NO5S/c1-25(29,16-9-11-17(30-3)12-10-16)18-14-21(24(28)31-4)32-23(18)22(27)20-13-15-7-5-6-8-19(15)26(20)2/h5-14,18,23,29H,1-4H3/t18-,23-,25-/m1/s1. The van der Waals surface area contributed by atoms with Gasteiger partial charge in [-0.05, 0) is 36.8 Å². The zero-order chi connectivity index (χ0) is 23.0. The average molecular weight is 452 g/mol. The molecule has 1 aromatic heterocycles. The van der Waals surface area contributed by atoms with Crippen molar-refractivity contribution in [3.05, 3.63) is 76.8 Å². The van der Waals surface area contributed by atoms with Crippen molar-refractivity contribution < 1.29 is 24.2 Å². The first kappa shape index (κ1) is 22.2. The highest BCUT2D eigenvalue weighted by Gasteiger charge is 2.47. The van der Waals surface area contributed by atoms with Gasteiger partial charge in [0.2, 0.25) is 0 Å². The van der Waals surface area contributed by atoms with E-state index in [1.54, 1.807) is 44.4 Å². The molecule has 0 saturated heterocycles. The van der Waals surface area contributed by atoms with Crippen LogP contribution in [-0.2, 0) is 22.2 Å². The summed E-state index contributed by atoms with van der Waals surface area (Å²) < 4.78 is 12.0. The van der Waals surface area contributed by atoms with Crippen molar-refractivity contribution in [3.63, 3.8) is 0 Å². The molecule has 32 heavy (non-hydrogen) atoms. The number of nitrogens with zero attached hydrogens (tertiary/aromatic N) is 1. The fraction of sp³-hybridized carbons (Fsp3) is 0.280. The zero-order valence-corrected chi connectivity index (χ0v) is 19.2. The zero-order valence-electron chi connectivity index (χ0n) is 18.4. The molecular weight excluding hydrogens is 426 g/mol. The van der Waals surface area contributed by atoms with E-state index in [-0.39, 0.29) is 5.78 Å². The first-order valence-electron chi connectivity index (χ1n) is 10.2. The Bertz CT molecular complexity index is 1210. The van der Waals surface area contributed by atoms with E-state index < -0.39 is 22.7 Å². The third kappa shape index (κ3) is 3.72. The van der Waals surface area contributed by atoms with Gasteiger partial charge < -0.3 is 19.1 Å². The molecule has 3 aromatic rings. The van der Waals surface area contributed by atoms with Crippen molar-refractivity contribution in [1.29, 1.82) is 0 Å². The van der Waals surface area contributed by atoms with Crippen LogP contribution in [0, 0.1) is 5.92 Å². The molecule has 0 aliphatic carbocycles. The lowest BCUT2D eigenvalue weighted by atomic mass is 9.79. The molecule has 7 heteroatoms. The van der Waals surface area contributed by atoms with Crippen molar-refractivity contribution in [2.24, 2.45) is 13.0 Å². The Kier molecular flexibility index (Phi) is 5.88. The number of carbonyl (C=O) groups is 2. The van der Waals surface area contributed by atoms with Crippen molar-refractivity contribution in [2.75, 3.05) is 14.2 Å². The third-order valence-corrected chi connectivity index (χ3v) is 7.40. The van der Waals surface area contributed by atoms with Crippen molar-refractivity contribution in [2.45, 2.75) is 17.8 Å². The molecule has 166 valence electrons. The summed E-state index contributed by atoms with van der Waals surface area (Å²) in [5.74, 6) is -0.639. The molecule has 0 saturated carbocycles. The van der Waals surface area contributed by atoms with Gasteiger partial charge in [-0.2, -0.15) is 0 Å².